The van der Waals surface area contributed by atoms with Crippen molar-refractivity contribution in [2.75, 3.05) is 20.2 Å². The van der Waals surface area contributed by atoms with E-state index in [1.807, 2.05) is 0 Å². The Balaban J connectivity index is 1.68. The molecule has 21 heteroatoms. The summed E-state index contributed by atoms with van der Waals surface area (Å²) in [6.07, 6.45) is -15.7. The Morgan fingerprint density at radius 2 is 1.57 bits per heavy atom. The quantitative estimate of drug-likeness (QED) is 0.123. The molecule has 1 aromatic rings. The standard InChI is InChI=1S/C25H38O19P2/c1-13(2)40-24(30)34-11-38-46(33,39-12-35-25(31)41-14(3)4)44-23-21(29)19(27)20(28)22(42-23)17(26)10-37-45(32)36-9-16-15(5)7-6-8-18(16)43-45/h6-8,13-14,17,19-23,26-29H,9-12H2,1-5H3/t17-,19+,20+,21+,22-,23+,45?/m1/s1. The minimum Gasteiger partial charge on any atom is -0.432 e. The number of hydrogen-bond acceptors (Lipinski definition) is 19. The Morgan fingerprint density at radius 3 is 2.13 bits per heavy atom. The number of rotatable bonds is 14. The number of phosphoric acid groups is 2. The average Bonchev–Trinajstić information content (AvgIpc) is 2.95. The van der Waals surface area contributed by atoms with Crippen LogP contribution in [0.15, 0.2) is 18.2 Å². The Hall–Kier alpha value is -2.38. The SMILES string of the molecule is Cc1cccc2c1COP(=O)(OC[C@@H](O)[C@H]1O[C@@H](OP(=O)(OCOC(=O)OC(C)C)OCOC(=O)OC(C)C)[C@@H](O)[C@@H](O)[C@@H]1O)O2. The average molecular weight is 705 g/mol. The van der Waals surface area contributed by atoms with E-state index >= 15 is 0 Å². The van der Waals surface area contributed by atoms with Crippen LogP contribution in [0.2, 0.25) is 0 Å². The largest absolute Gasteiger partial charge is 0.530 e. The van der Waals surface area contributed by atoms with E-state index in [9.17, 15) is 39.1 Å². The van der Waals surface area contributed by atoms with Crippen LogP contribution in [0.4, 0.5) is 9.59 Å². The summed E-state index contributed by atoms with van der Waals surface area (Å²) >= 11 is 0. The molecule has 0 aromatic heterocycles. The minimum atomic E-state index is -5.03. The molecule has 1 fully saturated rings. The van der Waals surface area contributed by atoms with Crippen LogP contribution in [-0.4, -0.2) is 102 Å². The van der Waals surface area contributed by atoms with E-state index in [-0.39, 0.29) is 12.4 Å². The summed E-state index contributed by atoms with van der Waals surface area (Å²) in [5.74, 6) is 0.240. The summed E-state index contributed by atoms with van der Waals surface area (Å²) < 4.78 is 81.2. The lowest BCUT2D eigenvalue weighted by molar-refractivity contribution is -0.294. The van der Waals surface area contributed by atoms with Gasteiger partial charge in [0.2, 0.25) is 13.6 Å². The van der Waals surface area contributed by atoms with Crippen LogP contribution < -0.4 is 4.52 Å². The van der Waals surface area contributed by atoms with Gasteiger partial charge in [-0.15, -0.1) is 0 Å². The van der Waals surface area contributed by atoms with Crippen LogP contribution in [0.3, 0.4) is 0 Å². The Bertz CT molecular complexity index is 1240. The molecule has 2 aliphatic rings. The van der Waals surface area contributed by atoms with E-state index < -0.39 is 97.2 Å². The maximum Gasteiger partial charge on any atom is 0.530 e. The van der Waals surface area contributed by atoms with Crippen LogP contribution in [0.1, 0.15) is 38.8 Å². The second kappa shape index (κ2) is 16.6. The first-order valence-corrected chi connectivity index (χ1v) is 16.7. The smallest absolute Gasteiger partial charge is 0.432 e. The first-order chi connectivity index (χ1) is 21.5. The molecule has 1 aromatic carbocycles. The van der Waals surface area contributed by atoms with Crippen LogP contribution >= 0.6 is 15.6 Å². The van der Waals surface area contributed by atoms with Gasteiger partial charge >= 0.3 is 28.0 Å². The highest BCUT2D eigenvalue weighted by molar-refractivity contribution is 7.49. The van der Waals surface area contributed by atoms with Crippen LogP contribution in [-0.2, 0) is 62.0 Å². The lowest BCUT2D eigenvalue weighted by Crippen LogP contribution is -2.61. The highest BCUT2D eigenvalue weighted by atomic mass is 31.2. The van der Waals surface area contributed by atoms with Gasteiger partial charge in [-0.05, 0) is 46.2 Å². The number of carbonyl (C=O) groups excluding carboxylic acids is 2. The summed E-state index contributed by atoms with van der Waals surface area (Å²) in [5, 5.41) is 42.2. The summed E-state index contributed by atoms with van der Waals surface area (Å²) in [6, 6.07) is 5.00. The molecule has 0 aliphatic carbocycles. The van der Waals surface area contributed by atoms with E-state index in [1.165, 1.54) is 27.7 Å². The summed E-state index contributed by atoms with van der Waals surface area (Å²) in [5.41, 5.74) is 1.45. The second-order valence-electron chi connectivity index (χ2n) is 10.3. The molecule has 2 aliphatic heterocycles. The van der Waals surface area contributed by atoms with Gasteiger partial charge < -0.3 is 48.6 Å². The first-order valence-electron chi connectivity index (χ1n) is 13.8. The van der Waals surface area contributed by atoms with Gasteiger partial charge in [-0.3, -0.25) is 13.6 Å². The van der Waals surface area contributed by atoms with Crippen LogP contribution in [0.5, 0.6) is 5.75 Å². The lowest BCUT2D eigenvalue weighted by Gasteiger charge is -2.42. The third kappa shape index (κ3) is 10.8. The van der Waals surface area contributed by atoms with Crippen LogP contribution in [0.25, 0.3) is 0 Å². The number of aliphatic hydroxyl groups excluding tert-OH is 4. The molecule has 0 spiro atoms. The number of hydrogen-bond donors (Lipinski definition) is 4. The molecule has 7 atom stereocenters. The third-order valence-corrected chi connectivity index (χ3v) is 8.65. The zero-order valence-corrected chi connectivity index (χ0v) is 27.3. The number of aryl methyl sites for hydroxylation is 1. The van der Waals surface area contributed by atoms with Crippen molar-refractivity contribution >= 4 is 28.0 Å². The Morgan fingerprint density at radius 1 is 0.978 bits per heavy atom. The predicted molar refractivity (Wildman–Crippen MR) is 149 cm³/mol. The molecular weight excluding hydrogens is 666 g/mol. The molecule has 4 N–H and O–H groups in total. The van der Waals surface area contributed by atoms with Crippen molar-refractivity contribution in [3.05, 3.63) is 29.3 Å². The highest BCUT2D eigenvalue weighted by Gasteiger charge is 2.50. The number of phosphoric ester groups is 2. The van der Waals surface area contributed by atoms with Crippen LogP contribution in [0, 0.1) is 6.92 Å². The molecule has 0 saturated carbocycles. The van der Waals surface area contributed by atoms with Gasteiger partial charge in [0.1, 0.15) is 36.3 Å². The van der Waals surface area contributed by atoms with Gasteiger partial charge in [-0.1, -0.05) is 12.1 Å². The van der Waals surface area contributed by atoms with Crippen molar-refractivity contribution < 1.29 is 90.0 Å². The number of ether oxygens (including phenoxy) is 5. The third-order valence-electron chi connectivity index (χ3n) is 6.01. The van der Waals surface area contributed by atoms with Crippen molar-refractivity contribution in [2.45, 2.75) is 90.2 Å². The number of fused-ring (bicyclic) bond motifs is 1. The van der Waals surface area contributed by atoms with Gasteiger partial charge in [0.05, 0.1) is 25.4 Å². The minimum absolute atomic E-state index is 0.119. The molecular formula is C25H38O19P2. The summed E-state index contributed by atoms with van der Waals surface area (Å²) in [4.78, 5) is 23.3. The topological polar surface area (TPSA) is 251 Å². The van der Waals surface area contributed by atoms with Crippen molar-refractivity contribution in [3.63, 3.8) is 0 Å². The fourth-order valence-corrected chi connectivity index (χ4v) is 6.00. The molecule has 3 rings (SSSR count). The van der Waals surface area contributed by atoms with Crippen molar-refractivity contribution in [3.8, 4) is 5.75 Å². The molecule has 1 saturated heterocycles. The van der Waals surface area contributed by atoms with E-state index in [0.717, 1.165) is 5.56 Å². The number of benzene rings is 1. The molecule has 46 heavy (non-hydrogen) atoms. The maximum atomic E-state index is 13.4. The van der Waals surface area contributed by atoms with Crippen molar-refractivity contribution in [1.29, 1.82) is 0 Å². The van der Waals surface area contributed by atoms with Gasteiger partial charge in [0.25, 0.3) is 0 Å². The fraction of sp³-hybridized carbons (Fsp3) is 0.680. The van der Waals surface area contributed by atoms with E-state index in [4.69, 9.17) is 41.4 Å². The normalized spacial score (nSPS) is 27.0. The number of carbonyl (C=O) groups is 2. The molecule has 1 unspecified atom stereocenters. The second-order valence-corrected chi connectivity index (χ2v) is 13.6. The van der Waals surface area contributed by atoms with E-state index in [1.54, 1.807) is 25.1 Å². The first kappa shape index (κ1) is 38.1. The summed E-state index contributed by atoms with van der Waals surface area (Å²) in [7, 11) is -9.29. The van der Waals surface area contributed by atoms with Gasteiger partial charge in [0, 0.05) is 5.56 Å². The molecule has 19 nitrogen and oxygen atoms in total. The van der Waals surface area contributed by atoms with E-state index in [0.29, 0.717) is 5.56 Å². The summed E-state index contributed by atoms with van der Waals surface area (Å²) in [6.45, 7) is 4.72. The Kier molecular flexibility index (Phi) is 13.8. The van der Waals surface area contributed by atoms with Crippen molar-refractivity contribution in [1.82, 2.24) is 0 Å². The van der Waals surface area contributed by atoms with E-state index in [2.05, 4.69) is 9.47 Å². The predicted octanol–water partition coefficient (Wildman–Crippen LogP) is 2.39. The maximum absolute atomic E-state index is 13.4. The monoisotopic (exact) mass is 704 g/mol. The van der Waals surface area contributed by atoms with Gasteiger partial charge in [-0.25, -0.2) is 27.8 Å². The zero-order valence-electron chi connectivity index (χ0n) is 25.5. The molecule has 0 bridgehead atoms. The highest BCUT2D eigenvalue weighted by Crippen LogP contribution is 2.55. The zero-order chi connectivity index (χ0) is 34.2. The van der Waals surface area contributed by atoms with Gasteiger partial charge in [-0.2, -0.15) is 0 Å². The molecule has 262 valence electrons. The molecule has 0 amide bonds. The Labute approximate surface area is 263 Å². The lowest BCUT2D eigenvalue weighted by atomic mass is 9.96. The van der Waals surface area contributed by atoms with Gasteiger partial charge in [0.15, 0.2) is 6.29 Å². The fourth-order valence-electron chi connectivity index (χ4n) is 3.80. The molecule has 0 radical (unpaired) electrons. The number of aliphatic hydroxyl groups is 4. The molecule has 2 heterocycles. The van der Waals surface area contributed by atoms with Crippen molar-refractivity contribution in [2.24, 2.45) is 0 Å².